The lowest BCUT2D eigenvalue weighted by molar-refractivity contribution is -0.113. The van der Waals surface area contributed by atoms with Crippen LogP contribution in [-0.4, -0.2) is 39.8 Å². The van der Waals surface area contributed by atoms with Crippen LogP contribution in [0.25, 0.3) is 0 Å². The highest BCUT2D eigenvalue weighted by atomic mass is 32.2. The molecule has 3 aromatic rings. The minimum atomic E-state index is -0.161. The van der Waals surface area contributed by atoms with Crippen LogP contribution in [0.1, 0.15) is 24.4 Å². The van der Waals surface area contributed by atoms with Gasteiger partial charge in [0.05, 0.1) is 24.2 Å². The van der Waals surface area contributed by atoms with Gasteiger partial charge in [0.15, 0.2) is 11.5 Å². The van der Waals surface area contributed by atoms with E-state index in [0.29, 0.717) is 42.2 Å². The zero-order valence-electron chi connectivity index (χ0n) is 17.6. The number of rotatable bonds is 7. The van der Waals surface area contributed by atoms with Gasteiger partial charge in [0.25, 0.3) is 0 Å². The molecule has 0 saturated carbocycles. The predicted molar refractivity (Wildman–Crippen MR) is 126 cm³/mol. The molecule has 1 amide bonds. The monoisotopic (exact) mass is 452 g/mol. The average molecular weight is 453 g/mol. The van der Waals surface area contributed by atoms with Gasteiger partial charge in [0, 0.05) is 23.9 Å². The third-order valence-electron chi connectivity index (χ3n) is 4.56. The van der Waals surface area contributed by atoms with Gasteiger partial charge in [-0.15, -0.1) is 11.8 Å². The van der Waals surface area contributed by atoms with Crippen LogP contribution in [0.4, 0.5) is 23.3 Å². The van der Waals surface area contributed by atoms with E-state index in [0.717, 1.165) is 12.1 Å². The van der Waals surface area contributed by atoms with Crippen molar-refractivity contribution in [3.05, 3.63) is 54.4 Å². The minimum absolute atomic E-state index is 0.123. The molecule has 1 atom stereocenters. The Hall–Kier alpha value is -3.53. The number of nitrogens with two attached hydrogens (primary N) is 1. The third-order valence-corrected chi connectivity index (χ3v) is 5.70. The molecule has 32 heavy (non-hydrogen) atoms. The molecule has 0 bridgehead atoms. The van der Waals surface area contributed by atoms with Gasteiger partial charge in [-0.2, -0.15) is 15.0 Å². The zero-order valence-corrected chi connectivity index (χ0v) is 18.4. The highest BCUT2D eigenvalue weighted by Crippen LogP contribution is 2.32. The summed E-state index contributed by atoms with van der Waals surface area (Å²) in [5.74, 6) is 2.41. The van der Waals surface area contributed by atoms with Crippen LogP contribution < -0.4 is 25.8 Å². The van der Waals surface area contributed by atoms with Crippen LogP contribution in [0.5, 0.6) is 11.5 Å². The van der Waals surface area contributed by atoms with Crippen LogP contribution in [0.15, 0.2) is 48.5 Å². The van der Waals surface area contributed by atoms with Gasteiger partial charge in [0.1, 0.15) is 5.82 Å². The summed E-state index contributed by atoms with van der Waals surface area (Å²) >= 11 is 1.41. The first-order valence-electron chi connectivity index (χ1n) is 10.2. The predicted octanol–water partition coefficient (Wildman–Crippen LogP) is 3.79. The van der Waals surface area contributed by atoms with Crippen molar-refractivity contribution in [2.24, 2.45) is 0 Å². The molecule has 0 saturated heterocycles. The first kappa shape index (κ1) is 21.7. The number of hydrogen-bond acceptors (Lipinski definition) is 9. The maximum Gasteiger partial charge on any atom is 0.234 e. The van der Waals surface area contributed by atoms with E-state index in [-0.39, 0.29) is 22.9 Å². The summed E-state index contributed by atoms with van der Waals surface area (Å²) in [7, 11) is 0. The van der Waals surface area contributed by atoms with Gasteiger partial charge in [-0.3, -0.25) is 4.79 Å². The number of carbonyl (C=O) groups excluding carboxylic acids is 1. The fourth-order valence-corrected chi connectivity index (χ4v) is 3.74. The van der Waals surface area contributed by atoms with Crippen molar-refractivity contribution in [1.29, 1.82) is 0 Å². The number of fused-ring (bicyclic) bond motifs is 1. The Morgan fingerprint density at radius 2 is 1.84 bits per heavy atom. The van der Waals surface area contributed by atoms with Crippen LogP contribution in [0.3, 0.4) is 0 Å². The lowest BCUT2D eigenvalue weighted by Crippen LogP contribution is -2.15. The second-order valence-electron chi connectivity index (χ2n) is 7.08. The van der Waals surface area contributed by atoms with E-state index < -0.39 is 0 Å². The fraction of sp³-hybridized carbons (Fsp3) is 0.273. The number of nitrogen functional groups attached to an aromatic ring is 1. The molecule has 1 aliphatic rings. The normalized spacial score (nSPS) is 13.7. The van der Waals surface area contributed by atoms with Crippen molar-refractivity contribution in [2.75, 3.05) is 35.3 Å². The van der Waals surface area contributed by atoms with Gasteiger partial charge in [-0.1, -0.05) is 18.2 Å². The van der Waals surface area contributed by atoms with Gasteiger partial charge in [-0.05, 0) is 31.2 Å². The highest BCUT2D eigenvalue weighted by molar-refractivity contribution is 8.00. The summed E-state index contributed by atoms with van der Waals surface area (Å²) in [5.41, 5.74) is 7.37. The van der Waals surface area contributed by atoms with Crippen LogP contribution in [-0.2, 0) is 4.79 Å². The number of aromatic nitrogens is 3. The number of nitrogens with one attached hydrogen (secondary N) is 2. The van der Waals surface area contributed by atoms with E-state index in [4.69, 9.17) is 15.2 Å². The Labute approximate surface area is 190 Å². The van der Waals surface area contributed by atoms with Crippen LogP contribution >= 0.6 is 11.8 Å². The number of carbonyl (C=O) groups is 1. The van der Waals surface area contributed by atoms with E-state index in [1.54, 1.807) is 18.2 Å². The maximum absolute atomic E-state index is 12.5. The van der Waals surface area contributed by atoms with E-state index in [1.807, 2.05) is 37.3 Å². The number of benzene rings is 2. The number of thioether (sulfide) groups is 1. The van der Waals surface area contributed by atoms with Crippen molar-refractivity contribution >= 4 is 40.9 Å². The molecule has 10 heteroatoms. The Bertz CT molecular complexity index is 1080. The van der Waals surface area contributed by atoms with Crippen molar-refractivity contribution < 1.29 is 14.3 Å². The molecule has 0 spiro atoms. The van der Waals surface area contributed by atoms with Crippen LogP contribution in [0, 0.1) is 0 Å². The van der Waals surface area contributed by atoms with Crippen molar-refractivity contribution in [2.45, 2.75) is 18.6 Å². The molecule has 1 aliphatic heterocycles. The van der Waals surface area contributed by atoms with E-state index in [2.05, 4.69) is 25.6 Å². The number of nitrogens with zero attached hydrogens (tertiary/aromatic N) is 3. The van der Waals surface area contributed by atoms with Crippen molar-refractivity contribution in [3.8, 4) is 11.5 Å². The summed E-state index contributed by atoms with van der Waals surface area (Å²) in [6.45, 7) is 3.14. The Morgan fingerprint density at radius 1 is 1.06 bits per heavy atom. The lowest BCUT2D eigenvalue weighted by atomic mass is 10.2. The molecule has 2 aromatic carbocycles. The summed E-state index contributed by atoms with van der Waals surface area (Å²) in [4.78, 5) is 25.3. The summed E-state index contributed by atoms with van der Waals surface area (Å²) in [6.07, 6.45) is 0.828. The molecule has 0 radical (unpaired) electrons. The van der Waals surface area contributed by atoms with Crippen molar-refractivity contribution in [3.63, 3.8) is 0 Å². The minimum Gasteiger partial charge on any atom is -0.490 e. The van der Waals surface area contributed by atoms with E-state index in [9.17, 15) is 4.79 Å². The second-order valence-corrected chi connectivity index (χ2v) is 8.41. The smallest absolute Gasteiger partial charge is 0.234 e. The molecule has 1 unspecified atom stereocenters. The lowest BCUT2D eigenvalue weighted by Gasteiger charge is -2.13. The van der Waals surface area contributed by atoms with Gasteiger partial charge < -0.3 is 25.8 Å². The zero-order chi connectivity index (χ0) is 22.3. The summed E-state index contributed by atoms with van der Waals surface area (Å²) < 4.78 is 11.3. The maximum atomic E-state index is 12.5. The topological polar surface area (TPSA) is 124 Å². The number of hydrogen-bond donors (Lipinski definition) is 3. The first-order chi connectivity index (χ1) is 15.6. The number of anilines is 4. The van der Waals surface area contributed by atoms with E-state index >= 15 is 0 Å². The summed E-state index contributed by atoms with van der Waals surface area (Å²) in [6, 6.07) is 14.9. The molecular weight excluding hydrogens is 428 g/mol. The molecule has 166 valence electrons. The Morgan fingerprint density at radius 3 is 2.66 bits per heavy atom. The largest absolute Gasteiger partial charge is 0.490 e. The quantitative estimate of drug-likeness (QED) is 0.491. The molecule has 9 nitrogen and oxygen atoms in total. The standard InChI is InChI=1S/C22H24N6O3S/c1-14(20-26-21(23)28-22(27-20)25-15-6-3-2-4-7-15)32-13-19(29)24-16-8-9-17-18(12-16)31-11-5-10-30-17/h2-4,6-9,12,14H,5,10-11,13H2,1H3,(H,24,29)(H3,23,25,26,27,28). The Balaban J connectivity index is 1.34. The van der Waals surface area contributed by atoms with E-state index in [1.165, 1.54) is 11.8 Å². The highest BCUT2D eigenvalue weighted by Gasteiger charge is 2.16. The van der Waals surface area contributed by atoms with Gasteiger partial charge in [-0.25, -0.2) is 0 Å². The summed E-state index contributed by atoms with van der Waals surface area (Å²) in [5, 5.41) is 5.84. The fourth-order valence-electron chi connectivity index (χ4n) is 3.01. The van der Waals surface area contributed by atoms with Crippen molar-refractivity contribution in [1.82, 2.24) is 15.0 Å². The number of ether oxygens (including phenoxy) is 2. The Kier molecular flexibility index (Phi) is 6.90. The third kappa shape index (κ3) is 5.79. The molecule has 0 aliphatic carbocycles. The second kappa shape index (κ2) is 10.2. The molecule has 4 rings (SSSR count). The molecule has 0 fully saturated rings. The molecular formula is C22H24N6O3S. The average Bonchev–Trinajstić information content (AvgIpc) is 3.03. The number of amides is 1. The SMILES string of the molecule is CC(SCC(=O)Nc1ccc2c(c1)OCCCO2)c1nc(N)nc(Nc2ccccc2)n1. The van der Waals surface area contributed by atoms with Gasteiger partial charge in [0.2, 0.25) is 17.8 Å². The molecule has 4 N–H and O–H groups in total. The number of para-hydroxylation sites is 1. The first-order valence-corrected chi connectivity index (χ1v) is 11.3. The van der Waals surface area contributed by atoms with Crippen LogP contribution in [0.2, 0.25) is 0 Å². The molecule has 2 heterocycles. The molecule has 1 aromatic heterocycles. The van der Waals surface area contributed by atoms with Gasteiger partial charge >= 0.3 is 0 Å².